The molecule has 0 saturated heterocycles. The van der Waals surface area contributed by atoms with Crippen LogP contribution in [0, 0.1) is 17.6 Å². The van der Waals surface area contributed by atoms with Gasteiger partial charge in [-0.1, -0.05) is 6.92 Å². The van der Waals surface area contributed by atoms with Gasteiger partial charge in [0.05, 0.1) is 46.1 Å². The summed E-state index contributed by atoms with van der Waals surface area (Å²) in [5.74, 6) is -1.20. The van der Waals surface area contributed by atoms with Crippen molar-refractivity contribution in [3.63, 3.8) is 0 Å². The van der Waals surface area contributed by atoms with Crippen LogP contribution < -0.4 is 11.1 Å². The zero-order valence-corrected chi connectivity index (χ0v) is 21.8. The molecule has 200 valence electrons. The summed E-state index contributed by atoms with van der Waals surface area (Å²) < 4.78 is 31.5. The van der Waals surface area contributed by atoms with E-state index in [0.29, 0.717) is 23.6 Å². The third-order valence-corrected chi connectivity index (χ3v) is 7.85. The van der Waals surface area contributed by atoms with Crippen molar-refractivity contribution in [2.75, 3.05) is 5.32 Å². The predicted molar refractivity (Wildman–Crippen MR) is 141 cm³/mol. The van der Waals surface area contributed by atoms with Crippen LogP contribution in [-0.2, 0) is 5.60 Å². The molecule has 0 amide bonds. The van der Waals surface area contributed by atoms with E-state index in [1.807, 2.05) is 13.0 Å². The molecule has 1 saturated carbocycles. The topological polar surface area (TPSA) is 122 Å². The van der Waals surface area contributed by atoms with Crippen molar-refractivity contribution in [3.05, 3.63) is 71.7 Å². The van der Waals surface area contributed by atoms with E-state index in [2.05, 4.69) is 20.4 Å². The summed E-state index contributed by atoms with van der Waals surface area (Å²) in [6.07, 6.45) is 6.38. The minimum absolute atomic E-state index is 0.00124. The van der Waals surface area contributed by atoms with Crippen molar-refractivity contribution in [2.24, 2.45) is 11.7 Å². The van der Waals surface area contributed by atoms with Gasteiger partial charge in [0.2, 0.25) is 5.95 Å². The second-order valence-corrected chi connectivity index (χ2v) is 11.0. The number of aliphatic hydroxyl groups is 2. The molecule has 1 fully saturated rings. The zero-order chi connectivity index (χ0) is 27.4. The van der Waals surface area contributed by atoms with E-state index in [-0.39, 0.29) is 34.7 Å². The first-order valence-electron chi connectivity index (χ1n) is 12.6. The molecule has 4 aromatic rings. The summed E-state index contributed by atoms with van der Waals surface area (Å²) in [5.41, 5.74) is 6.25. The second-order valence-electron chi connectivity index (χ2n) is 11.0. The Bertz CT molecular complexity index is 1460. The average Bonchev–Trinajstić information content (AvgIpc) is 3.24. The summed E-state index contributed by atoms with van der Waals surface area (Å²) in [6, 6.07) is 6.99. The molecule has 5 N–H and O–H groups in total. The molecule has 10 heteroatoms. The number of hydrogen-bond donors (Lipinski definition) is 4. The molecule has 0 aliphatic heterocycles. The van der Waals surface area contributed by atoms with Crippen molar-refractivity contribution in [2.45, 2.75) is 63.7 Å². The van der Waals surface area contributed by atoms with Crippen molar-refractivity contribution in [3.8, 4) is 11.3 Å². The number of nitrogens with zero attached hydrogens (tertiary/aromatic N) is 4. The van der Waals surface area contributed by atoms with Crippen molar-refractivity contribution in [1.29, 1.82) is 0 Å². The first-order valence-corrected chi connectivity index (χ1v) is 12.6. The highest BCUT2D eigenvalue weighted by molar-refractivity contribution is 5.66. The third kappa shape index (κ3) is 4.63. The first-order chi connectivity index (χ1) is 17.9. The van der Waals surface area contributed by atoms with E-state index in [1.54, 1.807) is 31.6 Å². The fourth-order valence-electron chi connectivity index (χ4n) is 5.18. The van der Waals surface area contributed by atoms with E-state index in [9.17, 15) is 10.2 Å². The third-order valence-electron chi connectivity index (χ3n) is 7.85. The number of nitrogens with two attached hydrogens (primary N) is 1. The minimum atomic E-state index is -1.39. The maximum Gasteiger partial charge on any atom is 0.229 e. The molecule has 1 aromatic carbocycles. The smallest absolute Gasteiger partial charge is 0.229 e. The molecule has 38 heavy (non-hydrogen) atoms. The van der Waals surface area contributed by atoms with Crippen molar-refractivity contribution < 1.29 is 19.0 Å². The SMILES string of the molecule is C[C@H]1C[C@@H](c2ccncc2Nc2ncc3ccc(-c4c(F)cc(C(C)(C)O)cc4F)nn23)C[C@@H](N)[C@]1(C)O. The van der Waals surface area contributed by atoms with Crippen LogP contribution in [0.3, 0.4) is 0 Å². The lowest BCUT2D eigenvalue weighted by Crippen LogP contribution is -2.54. The van der Waals surface area contributed by atoms with Crippen LogP contribution >= 0.6 is 0 Å². The van der Waals surface area contributed by atoms with Crippen LogP contribution in [0.5, 0.6) is 0 Å². The van der Waals surface area contributed by atoms with Crippen molar-refractivity contribution in [1.82, 2.24) is 19.6 Å². The van der Waals surface area contributed by atoms with Crippen LogP contribution in [0.2, 0.25) is 0 Å². The summed E-state index contributed by atoms with van der Waals surface area (Å²) in [7, 11) is 0. The van der Waals surface area contributed by atoms with Gasteiger partial charge in [-0.3, -0.25) is 4.98 Å². The zero-order valence-electron chi connectivity index (χ0n) is 21.8. The standard InChI is InChI=1S/C28H32F2N6O2/c1-15-9-16(10-24(31)28(15,4)38)19-7-8-32-14-23(19)34-26-33-13-18-5-6-22(35-36(18)26)25-20(29)11-17(12-21(25)30)27(2,3)37/h5-8,11-16,24,37-38H,9-10,31H2,1-4H3,(H,33,34)/t15-,16+,24+,28+/m0/s1. The van der Waals surface area contributed by atoms with Crippen LogP contribution in [0.4, 0.5) is 20.4 Å². The van der Waals surface area contributed by atoms with Crippen molar-refractivity contribution >= 4 is 17.2 Å². The molecule has 1 aliphatic rings. The van der Waals surface area contributed by atoms with E-state index in [4.69, 9.17) is 5.73 Å². The number of fused-ring (bicyclic) bond motifs is 1. The van der Waals surface area contributed by atoms with Gasteiger partial charge in [0.1, 0.15) is 11.6 Å². The summed E-state index contributed by atoms with van der Waals surface area (Å²) in [5, 5.41) is 28.7. The Morgan fingerprint density at radius 3 is 2.50 bits per heavy atom. The molecule has 3 heterocycles. The highest BCUT2D eigenvalue weighted by Gasteiger charge is 2.42. The van der Waals surface area contributed by atoms with Crippen LogP contribution in [0.25, 0.3) is 16.8 Å². The van der Waals surface area contributed by atoms with E-state index in [0.717, 1.165) is 24.1 Å². The first kappa shape index (κ1) is 26.1. The lowest BCUT2D eigenvalue weighted by atomic mass is 9.68. The molecule has 1 aliphatic carbocycles. The van der Waals surface area contributed by atoms with Gasteiger partial charge in [-0.2, -0.15) is 9.61 Å². The monoisotopic (exact) mass is 522 g/mol. The molecular formula is C28H32F2N6O2. The Morgan fingerprint density at radius 2 is 1.84 bits per heavy atom. The van der Waals surface area contributed by atoms with Gasteiger partial charge in [0.25, 0.3) is 0 Å². The Balaban J connectivity index is 1.50. The van der Waals surface area contributed by atoms with E-state index >= 15 is 8.78 Å². The minimum Gasteiger partial charge on any atom is -0.388 e. The summed E-state index contributed by atoms with van der Waals surface area (Å²) in [6.45, 7) is 6.71. The number of imidazole rings is 1. The molecular weight excluding hydrogens is 490 g/mol. The normalized spacial score (nSPS) is 24.1. The summed E-state index contributed by atoms with van der Waals surface area (Å²) >= 11 is 0. The average molecular weight is 523 g/mol. The number of aromatic nitrogens is 4. The predicted octanol–water partition coefficient (Wildman–Crippen LogP) is 4.63. The van der Waals surface area contributed by atoms with Gasteiger partial charge in [-0.25, -0.2) is 13.8 Å². The number of pyridine rings is 1. The maximum absolute atomic E-state index is 15.0. The number of benzene rings is 1. The van der Waals surface area contributed by atoms with Gasteiger partial charge in [0.15, 0.2) is 0 Å². The number of anilines is 2. The van der Waals surface area contributed by atoms with Gasteiger partial charge in [-0.15, -0.1) is 0 Å². The van der Waals surface area contributed by atoms with Crippen LogP contribution in [0.15, 0.2) is 48.9 Å². The Kier molecular flexibility index (Phi) is 6.45. The molecule has 0 bridgehead atoms. The number of hydrogen-bond acceptors (Lipinski definition) is 7. The Labute approximate surface area is 219 Å². The Hall–Kier alpha value is -3.47. The molecule has 3 aromatic heterocycles. The summed E-state index contributed by atoms with van der Waals surface area (Å²) in [4.78, 5) is 8.70. The van der Waals surface area contributed by atoms with Gasteiger partial charge >= 0.3 is 0 Å². The molecule has 5 rings (SSSR count). The highest BCUT2D eigenvalue weighted by Crippen LogP contribution is 2.43. The van der Waals surface area contributed by atoms with Crippen LogP contribution in [-0.4, -0.2) is 41.4 Å². The van der Waals surface area contributed by atoms with Gasteiger partial charge in [-0.05, 0) is 86.9 Å². The molecule has 0 radical (unpaired) electrons. The molecule has 0 spiro atoms. The van der Waals surface area contributed by atoms with Gasteiger partial charge in [0, 0.05) is 12.2 Å². The largest absolute Gasteiger partial charge is 0.388 e. The fraction of sp³-hybridized carbons (Fsp3) is 0.393. The fourth-order valence-corrected chi connectivity index (χ4v) is 5.18. The Morgan fingerprint density at radius 1 is 1.13 bits per heavy atom. The lowest BCUT2D eigenvalue weighted by molar-refractivity contribution is -0.0463. The molecule has 8 nitrogen and oxygen atoms in total. The number of nitrogens with one attached hydrogen (secondary N) is 1. The van der Waals surface area contributed by atoms with Crippen LogP contribution in [0.1, 0.15) is 57.6 Å². The number of rotatable bonds is 5. The van der Waals surface area contributed by atoms with E-state index < -0.39 is 22.8 Å². The van der Waals surface area contributed by atoms with E-state index in [1.165, 1.54) is 24.4 Å². The highest BCUT2D eigenvalue weighted by atomic mass is 19.1. The maximum atomic E-state index is 15.0. The molecule has 0 unspecified atom stereocenters. The molecule has 4 atom stereocenters. The number of halogens is 2. The second kappa shape index (κ2) is 9.37. The quantitative estimate of drug-likeness (QED) is 0.301. The lowest BCUT2D eigenvalue weighted by Gasteiger charge is -2.44. The van der Waals surface area contributed by atoms with Gasteiger partial charge < -0.3 is 21.3 Å².